The summed E-state index contributed by atoms with van der Waals surface area (Å²) < 4.78 is 0. The van der Waals surface area contributed by atoms with E-state index in [1.54, 1.807) is 0 Å². The Morgan fingerprint density at radius 1 is 1.33 bits per heavy atom. The molecule has 0 saturated carbocycles. The fourth-order valence-electron chi connectivity index (χ4n) is 1.44. The molecule has 1 aromatic heterocycles. The molecule has 0 fully saturated rings. The van der Waals surface area contributed by atoms with Crippen molar-refractivity contribution in [1.82, 2.24) is 9.88 Å². The van der Waals surface area contributed by atoms with Crippen molar-refractivity contribution in [3.05, 3.63) is 30.1 Å². The van der Waals surface area contributed by atoms with Gasteiger partial charge in [0.05, 0.1) is 0 Å². The fraction of sp³-hybridized carbons (Fsp3) is 0.583. The van der Waals surface area contributed by atoms with Crippen molar-refractivity contribution < 1.29 is 5.11 Å². The van der Waals surface area contributed by atoms with E-state index < -0.39 is 0 Å². The highest BCUT2D eigenvalue weighted by Crippen LogP contribution is 2.18. The average Bonchev–Trinajstić information content (AvgIpc) is 2.19. The molecule has 0 aliphatic carbocycles. The Hall–Kier alpha value is -0.930. The molecule has 1 heterocycles. The van der Waals surface area contributed by atoms with Gasteiger partial charge in [0.15, 0.2) is 0 Å². The van der Waals surface area contributed by atoms with Crippen LogP contribution in [0.4, 0.5) is 0 Å². The number of nitrogens with zero attached hydrogens (tertiary/aromatic N) is 2. The molecule has 15 heavy (non-hydrogen) atoms. The molecule has 0 radical (unpaired) electrons. The summed E-state index contributed by atoms with van der Waals surface area (Å²) in [6.45, 7) is 5.40. The van der Waals surface area contributed by atoms with E-state index in [9.17, 15) is 0 Å². The third-order valence-electron chi connectivity index (χ3n) is 2.93. The van der Waals surface area contributed by atoms with Crippen molar-refractivity contribution >= 4 is 0 Å². The van der Waals surface area contributed by atoms with Gasteiger partial charge in [0.25, 0.3) is 0 Å². The Morgan fingerprint density at radius 3 is 2.47 bits per heavy atom. The molecule has 1 rings (SSSR count). The highest BCUT2D eigenvalue weighted by Gasteiger charge is 2.22. The van der Waals surface area contributed by atoms with E-state index in [2.05, 4.69) is 30.8 Å². The van der Waals surface area contributed by atoms with Crippen LogP contribution in [0.5, 0.6) is 0 Å². The first-order valence-corrected chi connectivity index (χ1v) is 5.27. The minimum absolute atomic E-state index is 0.0258. The Balaban J connectivity index is 2.59. The molecule has 3 heteroatoms. The summed E-state index contributed by atoms with van der Waals surface area (Å²) in [6, 6.07) is 4.04. The summed E-state index contributed by atoms with van der Waals surface area (Å²) >= 11 is 0. The van der Waals surface area contributed by atoms with Crippen LogP contribution in [-0.4, -0.2) is 34.2 Å². The molecule has 0 aliphatic heterocycles. The highest BCUT2D eigenvalue weighted by molar-refractivity contribution is 5.09. The Labute approximate surface area is 91.8 Å². The number of rotatable bonds is 5. The van der Waals surface area contributed by atoms with Gasteiger partial charge in [0, 0.05) is 31.1 Å². The van der Waals surface area contributed by atoms with Crippen molar-refractivity contribution in [2.24, 2.45) is 0 Å². The maximum absolute atomic E-state index is 8.98. The number of hydrogen-bond donors (Lipinski definition) is 1. The zero-order valence-corrected chi connectivity index (χ0v) is 9.77. The molecule has 0 spiro atoms. The molecule has 0 aliphatic rings. The van der Waals surface area contributed by atoms with Gasteiger partial charge in [-0.25, -0.2) is 0 Å². The molecule has 0 aromatic carbocycles. The summed E-state index contributed by atoms with van der Waals surface area (Å²) in [5.41, 5.74) is 1.27. The minimum atomic E-state index is 0.0258. The first-order valence-electron chi connectivity index (χ1n) is 5.27. The van der Waals surface area contributed by atoms with Gasteiger partial charge in [-0.05, 0) is 45.0 Å². The van der Waals surface area contributed by atoms with Gasteiger partial charge in [-0.2, -0.15) is 0 Å². The molecule has 0 amide bonds. The lowest BCUT2D eigenvalue weighted by atomic mass is 9.98. The average molecular weight is 208 g/mol. The lowest BCUT2D eigenvalue weighted by Gasteiger charge is -2.35. The molecule has 84 valence electrons. The second-order valence-corrected chi connectivity index (χ2v) is 4.50. The monoisotopic (exact) mass is 208 g/mol. The van der Waals surface area contributed by atoms with Gasteiger partial charge in [-0.1, -0.05) is 0 Å². The van der Waals surface area contributed by atoms with Gasteiger partial charge in [-0.3, -0.25) is 9.88 Å². The molecule has 0 unspecified atom stereocenters. The van der Waals surface area contributed by atoms with Gasteiger partial charge < -0.3 is 5.11 Å². The second kappa shape index (κ2) is 5.24. The first kappa shape index (κ1) is 12.1. The van der Waals surface area contributed by atoms with Crippen LogP contribution < -0.4 is 0 Å². The van der Waals surface area contributed by atoms with Crippen molar-refractivity contribution in [2.75, 3.05) is 13.7 Å². The topological polar surface area (TPSA) is 36.4 Å². The van der Waals surface area contributed by atoms with E-state index in [1.165, 1.54) is 5.56 Å². The second-order valence-electron chi connectivity index (χ2n) is 4.50. The van der Waals surface area contributed by atoms with Gasteiger partial charge in [-0.15, -0.1) is 0 Å². The first-order chi connectivity index (χ1) is 7.06. The number of aromatic nitrogens is 1. The SMILES string of the molecule is CN(Cc1ccncc1)C(C)(C)CCO. The highest BCUT2D eigenvalue weighted by atomic mass is 16.3. The summed E-state index contributed by atoms with van der Waals surface area (Å²) in [5, 5.41) is 8.98. The zero-order chi connectivity index (χ0) is 11.3. The molecule has 3 nitrogen and oxygen atoms in total. The van der Waals surface area contributed by atoms with Gasteiger partial charge in [0.1, 0.15) is 0 Å². The molecular formula is C12H20N2O. The Kier molecular flexibility index (Phi) is 4.24. The lowest BCUT2D eigenvalue weighted by molar-refractivity contribution is 0.110. The van der Waals surface area contributed by atoms with Gasteiger partial charge in [0.2, 0.25) is 0 Å². The lowest BCUT2D eigenvalue weighted by Crippen LogP contribution is -2.41. The number of pyridine rings is 1. The van der Waals surface area contributed by atoms with Crippen LogP contribution in [0.25, 0.3) is 0 Å². The van der Waals surface area contributed by atoms with Gasteiger partial charge >= 0.3 is 0 Å². The number of aliphatic hydroxyl groups is 1. The van der Waals surface area contributed by atoms with Crippen LogP contribution in [0, 0.1) is 0 Å². The van der Waals surface area contributed by atoms with Crippen LogP contribution >= 0.6 is 0 Å². The predicted octanol–water partition coefficient (Wildman–Crippen LogP) is 1.67. The quantitative estimate of drug-likeness (QED) is 0.799. The van der Waals surface area contributed by atoms with Crippen LogP contribution in [0.1, 0.15) is 25.8 Å². The zero-order valence-electron chi connectivity index (χ0n) is 9.77. The van der Waals surface area contributed by atoms with E-state index in [0.717, 1.165) is 13.0 Å². The van der Waals surface area contributed by atoms with Crippen molar-refractivity contribution in [3.63, 3.8) is 0 Å². The van der Waals surface area contributed by atoms with Crippen molar-refractivity contribution in [1.29, 1.82) is 0 Å². The maximum atomic E-state index is 8.98. The summed E-state index contributed by atoms with van der Waals surface area (Å²) in [5.74, 6) is 0. The number of hydrogen-bond acceptors (Lipinski definition) is 3. The molecule has 1 N–H and O–H groups in total. The van der Waals surface area contributed by atoms with E-state index in [-0.39, 0.29) is 12.1 Å². The molecule has 1 aromatic rings. The Bertz CT molecular complexity index is 285. The number of aliphatic hydroxyl groups excluding tert-OH is 1. The largest absolute Gasteiger partial charge is 0.396 e. The van der Waals surface area contributed by atoms with Crippen molar-refractivity contribution in [2.45, 2.75) is 32.4 Å². The van der Waals surface area contributed by atoms with Crippen LogP contribution in [-0.2, 0) is 6.54 Å². The third-order valence-corrected chi connectivity index (χ3v) is 2.93. The van der Waals surface area contributed by atoms with E-state index in [1.807, 2.05) is 24.5 Å². The van der Waals surface area contributed by atoms with Crippen LogP contribution in [0.2, 0.25) is 0 Å². The maximum Gasteiger partial charge on any atom is 0.0448 e. The molecule has 0 bridgehead atoms. The van der Waals surface area contributed by atoms with Crippen LogP contribution in [0.3, 0.4) is 0 Å². The summed E-state index contributed by atoms with van der Waals surface area (Å²) in [7, 11) is 2.08. The van der Waals surface area contributed by atoms with Crippen LogP contribution in [0.15, 0.2) is 24.5 Å². The van der Waals surface area contributed by atoms with E-state index in [0.29, 0.717) is 0 Å². The summed E-state index contributed by atoms with van der Waals surface area (Å²) in [4.78, 5) is 6.24. The van der Waals surface area contributed by atoms with E-state index >= 15 is 0 Å². The minimum Gasteiger partial charge on any atom is -0.396 e. The normalized spacial score (nSPS) is 12.1. The van der Waals surface area contributed by atoms with Crippen molar-refractivity contribution in [3.8, 4) is 0 Å². The smallest absolute Gasteiger partial charge is 0.0448 e. The standard InChI is InChI=1S/C12H20N2O/c1-12(2,6-9-15)14(3)10-11-4-7-13-8-5-11/h4-5,7-8,15H,6,9-10H2,1-3H3. The Morgan fingerprint density at radius 2 is 1.93 bits per heavy atom. The molecule has 0 atom stereocenters. The fourth-order valence-corrected chi connectivity index (χ4v) is 1.44. The molecule has 0 saturated heterocycles. The summed E-state index contributed by atoms with van der Waals surface area (Å²) in [6.07, 6.45) is 4.40. The molecular weight excluding hydrogens is 188 g/mol. The third kappa shape index (κ3) is 3.61. The predicted molar refractivity (Wildman–Crippen MR) is 61.5 cm³/mol. The van der Waals surface area contributed by atoms with E-state index in [4.69, 9.17) is 5.11 Å².